The highest BCUT2D eigenvalue weighted by atomic mass is 16.5. The van der Waals surface area contributed by atoms with Gasteiger partial charge in [0.25, 0.3) is 0 Å². The Bertz CT molecular complexity index is 746. The molecular formula is C23H29NO4. The molecule has 2 amide bonds. The average molecular weight is 383 g/mol. The first-order chi connectivity index (χ1) is 13.6. The van der Waals surface area contributed by atoms with Crippen LogP contribution in [-0.4, -0.2) is 17.8 Å². The van der Waals surface area contributed by atoms with Crippen molar-refractivity contribution in [2.75, 3.05) is 4.90 Å². The molecule has 150 valence electrons. The van der Waals surface area contributed by atoms with Crippen LogP contribution in [0.4, 0.5) is 5.69 Å². The fourth-order valence-electron chi connectivity index (χ4n) is 5.40. The second-order valence-electron chi connectivity index (χ2n) is 8.53. The van der Waals surface area contributed by atoms with Gasteiger partial charge in [0.1, 0.15) is 5.75 Å². The van der Waals surface area contributed by atoms with E-state index < -0.39 is 0 Å². The molecule has 5 nitrogen and oxygen atoms in total. The van der Waals surface area contributed by atoms with Crippen LogP contribution in [0.25, 0.3) is 0 Å². The van der Waals surface area contributed by atoms with E-state index >= 15 is 0 Å². The molecule has 1 saturated heterocycles. The molecule has 0 aromatic heterocycles. The third-order valence-electron chi connectivity index (χ3n) is 6.72. The molecule has 3 fully saturated rings. The first-order valence-electron chi connectivity index (χ1n) is 10.8. The van der Waals surface area contributed by atoms with E-state index in [1.54, 1.807) is 24.3 Å². The van der Waals surface area contributed by atoms with Gasteiger partial charge in [0.15, 0.2) is 0 Å². The molecule has 1 aromatic carbocycles. The summed E-state index contributed by atoms with van der Waals surface area (Å²) in [5.41, 5.74) is 0.525. The van der Waals surface area contributed by atoms with Crippen molar-refractivity contribution in [3.8, 4) is 5.75 Å². The number of rotatable bonds is 8. The number of hydrogen-bond donors (Lipinski definition) is 0. The maximum absolute atomic E-state index is 12.9. The number of nitrogens with zero attached hydrogens (tertiary/aromatic N) is 1. The van der Waals surface area contributed by atoms with Crippen molar-refractivity contribution in [2.24, 2.45) is 23.7 Å². The molecule has 5 heteroatoms. The van der Waals surface area contributed by atoms with Crippen molar-refractivity contribution in [3.63, 3.8) is 0 Å². The molecule has 1 aliphatic heterocycles. The van der Waals surface area contributed by atoms with Gasteiger partial charge in [-0.15, -0.1) is 0 Å². The van der Waals surface area contributed by atoms with Gasteiger partial charge in [-0.3, -0.25) is 14.4 Å². The number of esters is 1. The lowest BCUT2D eigenvalue weighted by Crippen LogP contribution is -2.32. The molecular weight excluding hydrogens is 354 g/mol. The Balaban J connectivity index is 1.40. The number of benzene rings is 1. The van der Waals surface area contributed by atoms with Crippen LogP contribution in [0.3, 0.4) is 0 Å². The molecule has 4 atom stereocenters. The number of unbranched alkanes of at least 4 members (excludes halogenated alkanes) is 4. The lowest BCUT2D eigenvalue weighted by atomic mass is 9.81. The van der Waals surface area contributed by atoms with Gasteiger partial charge in [-0.2, -0.15) is 0 Å². The minimum absolute atomic E-state index is 0.0680. The first kappa shape index (κ1) is 19.2. The van der Waals surface area contributed by atoms with Gasteiger partial charge in [0, 0.05) is 12.5 Å². The molecule has 1 heterocycles. The molecule has 1 aromatic rings. The normalized spacial score (nSPS) is 28.1. The number of imide groups is 1. The summed E-state index contributed by atoms with van der Waals surface area (Å²) in [5.74, 6) is 0.457. The predicted octanol–water partition coefficient (Wildman–Crippen LogP) is 4.49. The maximum atomic E-state index is 12.9. The van der Waals surface area contributed by atoms with Crippen molar-refractivity contribution >= 4 is 23.5 Å². The second-order valence-corrected chi connectivity index (χ2v) is 8.53. The van der Waals surface area contributed by atoms with Crippen LogP contribution in [0.1, 0.15) is 64.7 Å². The van der Waals surface area contributed by atoms with Crippen LogP contribution in [0.2, 0.25) is 0 Å². The zero-order valence-corrected chi connectivity index (χ0v) is 16.6. The van der Waals surface area contributed by atoms with Gasteiger partial charge >= 0.3 is 5.97 Å². The number of carbonyl (C=O) groups excluding carboxylic acids is 3. The number of hydrogen-bond acceptors (Lipinski definition) is 4. The Labute approximate surface area is 166 Å². The quantitative estimate of drug-likeness (QED) is 0.287. The van der Waals surface area contributed by atoms with Gasteiger partial charge in [0.2, 0.25) is 11.8 Å². The van der Waals surface area contributed by atoms with Gasteiger partial charge in [-0.25, -0.2) is 4.90 Å². The number of anilines is 1. The molecule has 0 unspecified atom stereocenters. The number of ether oxygens (including phenoxy) is 1. The van der Waals surface area contributed by atoms with Crippen molar-refractivity contribution in [3.05, 3.63) is 24.3 Å². The van der Waals surface area contributed by atoms with E-state index in [1.165, 1.54) is 17.7 Å². The Morgan fingerprint density at radius 1 is 1.04 bits per heavy atom. The van der Waals surface area contributed by atoms with E-state index in [4.69, 9.17) is 4.74 Å². The summed E-state index contributed by atoms with van der Waals surface area (Å²) in [6, 6.07) is 6.84. The summed E-state index contributed by atoms with van der Waals surface area (Å²) in [7, 11) is 0. The summed E-state index contributed by atoms with van der Waals surface area (Å²) in [5, 5.41) is 0. The van der Waals surface area contributed by atoms with E-state index in [0.717, 1.165) is 38.5 Å². The third kappa shape index (κ3) is 3.47. The highest BCUT2D eigenvalue weighted by molar-refractivity contribution is 6.22. The minimum atomic E-state index is -0.261. The molecule has 0 radical (unpaired) electrons. The van der Waals surface area contributed by atoms with Crippen molar-refractivity contribution in [1.29, 1.82) is 0 Å². The summed E-state index contributed by atoms with van der Waals surface area (Å²) in [6.45, 7) is 2.16. The number of carbonyl (C=O) groups is 3. The van der Waals surface area contributed by atoms with Crippen LogP contribution >= 0.6 is 0 Å². The molecule has 3 aliphatic rings. The maximum Gasteiger partial charge on any atom is 0.311 e. The molecule has 0 N–H and O–H groups in total. The van der Waals surface area contributed by atoms with Crippen molar-refractivity contribution in [1.82, 2.24) is 0 Å². The Morgan fingerprint density at radius 2 is 1.71 bits per heavy atom. The lowest BCUT2D eigenvalue weighted by molar-refractivity contribution is -0.134. The largest absolute Gasteiger partial charge is 0.426 e. The third-order valence-corrected chi connectivity index (χ3v) is 6.72. The monoisotopic (exact) mass is 383 g/mol. The number of fused-ring (bicyclic) bond motifs is 5. The average Bonchev–Trinajstić information content (AvgIpc) is 3.35. The smallest absolute Gasteiger partial charge is 0.311 e. The zero-order valence-electron chi connectivity index (χ0n) is 16.6. The SMILES string of the molecule is CCCCCCCC(=O)Oc1cccc(N2C(=O)[C@H]3[C@@H]4CC[C@@H](C4)[C@@H]3C2=O)c1. The summed E-state index contributed by atoms with van der Waals surface area (Å²) in [4.78, 5) is 39.3. The Hall–Kier alpha value is -2.17. The van der Waals surface area contributed by atoms with Crippen LogP contribution in [0.5, 0.6) is 5.75 Å². The molecule has 28 heavy (non-hydrogen) atoms. The summed E-state index contributed by atoms with van der Waals surface area (Å²) in [6.07, 6.45) is 8.91. The van der Waals surface area contributed by atoms with E-state index in [-0.39, 0.29) is 29.6 Å². The summed E-state index contributed by atoms with van der Waals surface area (Å²) >= 11 is 0. The number of amides is 2. The second kappa shape index (κ2) is 8.06. The van der Waals surface area contributed by atoms with E-state index in [1.807, 2.05) is 0 Å². The fraction of sp³-hybridized carbons (Fsp3) is 0.609. The topological polar surface area (TPSA) is 63.7 Å². The highest BCUT2D eigenvalue weighted by Gasteiger charge is 2.61. The fourth-order valence-corrected chi connectivity index (χ4v) is 5.40. The van der Waals surface area contributed by atoms with Crippen LogP contribution < -0.4 is 9.64 Å². The lowest BCUT2D eigenvalue weighted by Gasteiger charge is -2.19. The highest BCUT2D eigenvalue weighted by Crippen LogP contribution is 2.56. The predicted molar refractivity (Wildman–Crippen MR) is 106 cm³/mol. The molecule has 2 bridgehead atoms. The zero-order chi connectivity index (χ0) is 19.7. The van der Waals surface area contributed by atoms with Gasteiger partial charge in [-0.1, -0.05) is 38.7 Å². The van der Waals surface area contributed by atoms with Gasteiger partial charge < -0.3 is 4.74 Å². The van der Waals surface area contributed by atoms with Crippen LogP contribution in [-0.2, 0) is 14.4 Å². The van der Waals surface area contributed by atoms with Gasteiger partial charge in [0.05, 0.1) is 17.5 Å². The van der Waals surface area contributed by atoms with Gasteiger partial charge in [-0.05, 0) is 49.7 Å². The first-order valence-corrected chi connectivity index (χ1v) is 10.8. The van der Waals surface area contributed by atoms with Crippen molar-refractivity contribution < 1.29 is 19.1 Å². The van der Waals surface area contributed by atoms with Crippen LogP contribution in [0, 0.1) is 23.7 Å². The molecule has 2 saturated carbocycles. The van der Waals surface area contributed by atoms with E-state index in [9.17, 15) is 14.4 Å². The van der Waals surface area contributed by atoms with E-state index in [0.29, 0.717) is 29.7 Å². The molecule has 2 aliphatic carbocycles. The molecule has 4 rings (SSSR count). The Morgan fingerprint density at radius 3 is 2.39 bits per heavy atom. The van der Waals surface area contributed by atoms with Crippen LogP contribution in [0.15, 0.2) is 24.3 Å². The van der Waals surface area contributed by atoms with E-state index in [2.05, 4.69) is 6.92 Å². The molecule has 0 spiro atoms. The van der Waals surface area contributed by atoms with Crippen molar-refractivity contribution in [2.45, 2.75) is 64.7 Å². The minimum Gasteiger partial charge on any atom is -0.426 e. The summed E-state index contributed by atoms with van der Waals surface area (Å²) < 4.78 is 5.45. The standard InChI is InChI=1S/C23H29NO4/c1-2-3-4-5-6-10-19(25)28-18-9-7-8-17(14-18)24-22(26)20-15-11-12-16(13-15)21(20)23(24)27/h7-9,14-16,20-21H,2-6,10-13H2,1H3/t15-,16+,20-,21-/m0/s1. The Kier molecular flexibility index (Phi) is 5.51.